The maximum Gasteiger partial charge on any atom is 0.224 e. The largest absolute Gasteiger partial charge is 0.373 e. The second kappa shape index (κ2) is 7.07. The zero-order chi connectivity index (χ0) is 15.3. The molecule has 2 N–H and O–H groups in total. The number of carbonyl (C=O) groups is 1. The summed E-state index contributed by atoms with van der Waals surface area (Å²) in [5.74, 6) is 2.60. The van der Waals surface area contributed by atoms with Gasteiger partial charge in [0.15, 0.2) is 0 Å². The number of nitrogens with zero attached hydrogens (tertiary/aromatic N) is 3. The van der Waals surface area contributed by atoms with Gasteiger partial charge in [0.05, 0.1) is 5.92 Å². The topological polar surface area (TPSA) is 70.2 Å². The van der Waals surface area contributed by atoms with Crippen molar-refractivity contribution < 1.29 is 4.79 Å². The molecule has 0 aromatic carbocycles. The van der Waals surface area contributed by atoms with Crippen molar-refractivity contribution in [1.82, 2.24) is 15.3 Å². The van der Waals surface area contributed by atoms with Gasteiger partial charge in [-0.15, -0.1) is 0 Å². The van der Waals surface area contributed by atoms with Crippen LogP contribution in [0.5, 0.6) is 0 Å². The SMILES string of the molecule is CNC(=O)C(C)CN(C)c1cc(NC)nc(C(C)C)n1. The summed E-state index contributed by atoms with van der Waals surface area (Å²) < 4.78 is 0. The predicted molar refractivity (Wildman–Crippen MR) is 82.2 cm³/mol. The molecule has 0 bridgehead atoms. The van der Waals surface area contributed by atoms with Crippen molar-refractivity contribution in [1.29, 1.82) is 0 Å². The minimum Gasteiger partial charge on any atom is -0.373 e. The van der Waals surface area contributed by atoms with E-state index < -0.39 is 0 Å². The molecule has 1 atom stereocenters. The highest BCUT2D eigenvalue weighted by Gasteiger charge is 2.16. The van der Waals surface area contributed by atoms with Gasteiger partial charge in [-0.2, -0.15) is 0 Å². The van der Waals surface area contributed by atoms with Crippen molar-refractivity contribution in [3.05, 3.63) is 11.9 Å². The lowest BCUT2D eigenvalue weighted by molar-refractivity contribution is -0.123. The fraction of sp³-hybridized carbons (Fsp3) is 0.643. The Hall–Kier alpha value is -1.85. The van der Waals surface area contributed by atoms with Gasteiger partial charge >= 0.3 is 0 Å². The Balaban J connectivity index is 2.94. The molecule has 0 saturated heterocycles. The van der Waals surface area contributed by atoms with Gasteiger partial charge in [-0.05, 0) is 0 Å². The summed E-state index contributed by atoms with van der Waals surface area (Å²) in [4.78, 5) is 22.6. The van der Waals surface area contributed by atoms with Crippen LogP contribution in [0.4, 0.5) is 11.6 Å². The minimum absolute atomic E-state index is 0.0313. The first-order chi connectivity index (χ1) is 9.38. The normalized spacial score (nSPS) is 12.2. The van der Waals surface area contributed by atoms with Crippen LogP contribution in [0.25, 0.3) is 0 Å². The summed E-state index contributed by atoms with van der Waals surface area (Å²) in [7, 11) is 5.42. The van der Waals surface area contributed by atoms with E-state index in [1.54, 1.807) is 7.05 Å². The summed E-state index contributed by atoms with van der Waals surface area (Å²) in [6, 6.07) is 1.89. The molecule has 1 rings (SSSR count). The first-order valence-corrected chi connectivity index (χ1v) is 6.88. The highest BCUT2D eigenvalue weighted by Crippen LogP contribution is 2.19. The van der Waals surface area contributed by atoms with Gasteiger partial charge in [-0.25, -0.2) is 9.97 Å². The van der Waals surface area contributed by atoms with Crippen molar-refractivity contribution in [2.45, 2.75) is 26.7 Å². The van der Waals surface area contributed by atoms with Crippen LogP contribution in [0, 0.1) is 5.92 Å². The van der Waals surface area contributed by atoms with Crippen LogP contribution in [0.3, 0.4) is 0 Å². The Labute approximate surface area is 121 Å². The van der Waals surface area contributed by atoms with Gasteiger partial charge < -0.3 is 15.5 Å². The van der Waals surface area contributed by atoms with Gasteiger partial charge in [-0.1, -0.05) is 20.8 Å². The zero-order valence-electron chi connectivity index (χ0n) is 13.2. The maximum atomic E-state index is 11.6. The molecule has 0 aliphatic carbocycles. The van der Waals surface area contributed by atoms with Crippen molar-refractivity contribution in [3.8, 4) is 0 Å². The summed E-state index contributed by atoms with van der Waals surface area (Å²) in [5.41, 5.74) is 0. The molecule has 1 amide bonds. The fourth-order valence-corrected chi connectivity index (χ4v) is 1.87. The third kappa shape index (κ3) is 4.08. The average Bonchev–Trinajstić information content (AvgIpc) is 2.45. The second-order valence-electron chi connectivity index (χ2n) is 5.27. The van der Waals surface area contributed by atoms with Crippen molar-refractivity contribution in [2.24, 2.45) is 5.92 Å². The van der Waals surface area contributed by atoms with E-state index in [4.69, 9.17) is 0 Å². The monoisotopic (exact) mass is 279 g/mol. The van der Waals surface area contributed by atoms with Crippen LogP contribution in [0.15, 0.2) is 6.07 Å². The molecule has 20 heavy (non-hydrogen) atoms. The molecule has 1 heterocycles. The van der Waals surface area contributed by atoms with E-state index in [2.05, 4.69) is 34.4 Å². The van der Waals surface area contributed by atoms with Gasteiger partial charge in [-0.3, -0.25) is 4.79 Å². The fourth-order valence-electron chi connectivity index (χ4n) is 1.87. The highest BCUT2D eigenvalue weighted by molar-refractivity contribution is 5.78. The van der Waals surface area contributed by atoms with E-state index in [1.807, 2.05) is 32.0 Å². The van der Waals surface area contributed by atoms with E-state index in [9.17, 15) is 4.79 Å². The number of hydrogen-bond acceptors (Lipinski definition) is 5. The first kappa shape index (κ1) is 16.2. The lowest BCUT2D eigenvalue weighted by Crippen LogP contribution is -2.34. The van der Waals surface area contributed by atoms with Crippen LogP contribution in [-0.4, -0.2) is 43.6 Å². The van der Waals surface area contributed by atoms with Crippen LogP contribution < -0.4 is 15.5 Å². The number of aromatic nitrogens is 2. The predicted octanol–water partition coefficient (Wildman–Crippen LogP) is 1.46. The van der Waals surface area contributed by atoms with Gasteiger partial charge in [0.25, 0.3) is 0 Å². The molecule has 1 unspecified atom stereocenters. The Kier molecular flexibility index (Phi) is 5.73. The van der Waals surface area contributed by atoms with Crippen LogP contribution in [0.1, 0.15) is 32.5 Å². The number of amides is 1. The first-order valence-electron chi connectivity index (χ1n) is 6.88. The Morgan fingerprint density at radius 2 is 1.95 bits per heavy atom. The van der Waals surface area contributed by atoms with Gasteiger partial charge in [0.1, 0.15) is 17.5 Å². The third-order valence-electron chi connectivity index (χ3n) is 3.14. The molecule has 112 valence electrons. The molecular formula is C14H25N5O. The summed E-state index contributed by atoms with van der Waals surface area (Å²) in [6.07, 6.45) is 0. The summed E-state index contributed by atoms with van der Waals surface area (Å²) in [5, 5.41) is 5.71. The van der Waals surface area contributed by atoms with E-state index in [0.29, 0.717) is 6.54 Å². The third-order valence-corrected chi connectivity index (χ3v) is 3.14. The zero-order valence-corrected chi connectivity index (χ0v) is 13.2. The van der Waals surface area contributed by atoms with Crippen molar-refractivity contribution >= 4 is 17.5 Å². The molecule has 1 aromatic rings. The Morgan fingerprint density at radius 1 is 1.30 bits per heavy atom. The summed E-state index contributed by atoms with van der Waals surface area (Å²) in [6.45, 7) is 6.63. The molecule has 0 fully saturated rings. The highest BCUT2D eigenvalue weighted by atomic mass is 16.1. The van der Waals surface area contributed by atoms with Gasteiger partial charge in [0.2, 0.25) is 5.91 Å². The Bertz CT molecular complexity index is 461. The molecular weight excluding hydrogens is 254 g/mol. The van der Waals surface area contributed by atoms with E-state index in [0.717, 1.165) is 17.5 Å². The molecule has 0 aliphatic heterocycles. The molecule has 1 aromatic heterocycles. The average molecular weight is 279 g/mol. The number of anilines is 2. The van der Waals surface area contributed by atoms with E-state index in [-0.39, 0.29) is 17.7 Å². The maximum absolute atomic E-state index is 11.6. The summed E-state index contributed by atoms with van der Waals surface area (Å²) >= 11 is 0. The number of hydrogen-bond donors (Lipinski definition) is 2. The molecule has 0 saturated carbocycles. The van der Waals surface area contributed by atoms with Gasteiger partial charge in [0, 0.05) is 39.7 Å². The minimum atomic E-state index is -0.0968. The van der Waals surface area contributed by atoms with E-state index in [1.165, 1.54) is 0 Å². The lowest BCUT2D eigenvalue weighted by Gasteiger charge is -2.23. The number of nitrogens with one attached hydrogen (secondary N) is 2. The van der Waals surface area contributed by atoms with Crippen LogP contribution in [0.2, 0.25) is 0 Å². The molecule has 6 nitrogen and oxygen atoms in total. The second-order valence-corrected chi connectivity index (χ2v) is 5.27. The molecule has 6 heteroatoms. The lowest BCUT2D eigenvalue weighted by atomic mass is 10.1. The van der Waals surface area contributed by atoms with Crippen LogP contribution in [-0.2, 0) is 4.79 Å². The smallest absolute Gasteiger partial charge is 0.224 e. The van der Waals surface area contributed by atoms with Crippen molar-refractivity contribution in [3.63, 3.8) is 0 Å². The van der Waals surface area contributed by atoms with E-state index >= 15 is 0 Å². The molecule has 0 aliphatic rings. The standard InChI is InChI=1S/C14H25N5O/c1-9(2)13-17-11(15-4)7-12(18-13)19(6)8-10(3)14(20)16-5/h7,9-10H,8H2,1-6H3,(H,16,20)(H,15,17,18). The number of rotatable bonds is 6. The number of carbonyl (C=O) groups excluding carboxylic acids is 1. The van der Waals surface area contributed by atoms with Crippen molar-refractivity contribution in [2.75, 3.05) is 37.9 Å². The quantitative estimate of drug-likeness (QED) is 0.825. The molecule has 0 spiro atoms. The Morgan fingerprint density at radius 3 is 2.45 bits per heavy atom. The molecule has 0 radical (unpaired) electrons. The van der Waals surface area contributed by atoms with Crippen LogP contribution >= 0.6 is 0 Å².